The Balaban J connectivity index is 1.52. The Labute approximate surface area is 181 Å². The number of hydrogen-bond acceptors (Lipinski definition) is 4. The van der Waals surface area contributed by atoms with Gasteiger partial charge in [-0.1, -0.05) is 36.4 Å². The number of aryl methyl sites for hydroxylation is 1. The summed E-state index contributed by atoms with van der Waals surface area (Å²) in [6.07, 6.45) is 5.32. The minimum Gasteiger partial charge on any atom is -0.306 e. The Morgan fingerprint density at radius 1 is 0.935 bits per heavy atom. The number of rotatable bonds is 5. The second-order valence-electron chi connectivity index (χ2n) is 8.44. The number of piperidine rings is 1. The fourth-order valence-electron chi connectivity index (χ4n) is 4.45. The zero-order chi connectivity index (χ0) is 21.2. The van der Waals surface area contributed by atoms with E-state index in [9.17, 15) is 4.79 Å². The Hall–Kier alpha value is -3.25. The van der Waals surface area contributed by atoms with Crippen molar-refractivity contribution < 1.29 is 0 Å². The topological polar surface area (TPSA) is 55.4 Å². The van der Waals surface area contributed by atoms with Crippen molar-refractivity contribution in [2.24, 2.45) is 5.92 Å². The van der Waals surface area contributed by atoms with Crippen molar-refractivity contribution >= 4 is 5.52 Å². The lowest BCUT2D eigenvalue weighted by atomic mass is 9.94. The molecule has 6 heteroatoms. The first-order valence-electron chi connectivity index (χ1n) is 11.0. The molecule has 1 aliphatic heterocycles. The molecular weight excluding hydrogens is 386 g/mol. The second kappa shape index (κ2) is 8.47. The van der Waals surface area contributed by atoms with Crippen molar-refractivity contribution in [3.8, 4) is 22.5 Å². The molecule has 0 amide bonds. The Bertz CT molecular complexity index is 1240. The van der Waals surface area contributed by atoms with Crippen LogP contribution in [-0.4, -0.2) is 44.4 Å². The van der Waals surface area contributed by atoms with Crippen molar-refractivity contribution in [3.05, 3.63) is 77.2 Å². The third-order valence-electron chi connectivity index (χ3n) is 6.30. The third-order valence-corrected chi connectivity index (χ3v) is 6.30. The molecule has 4 heterocycles. The van der Waals surface area contributed by atoms with Gasteiger partial charge < -0.3 is 4.90 Å². The molecule has 1 aliphatic rings. The average molecular weight is 414 g/mol. The average Bonchev–Trinajstić information content (AvgIpc) is 3.20. The van der Waals surface area contributed by atoms with Gasteiger partial charge in [0.2, 0.25) is 0 Å². The molecule has 31 heavy (non-hydrogen) atoms. The van der Waals surface area contributed by atoms with Gasteiger partial charge >= 0.3 is 0 Å². The summed E-state index contributed by atoms with van der Waals surface area (Å²) in [5.41, 5.74) is 4.58. The molecule has 3 aromatic heterocycles. The van der Waals surface area contributed by atoms with Gasteiger partial charge in [-0.25, -0.2) is 9.20 Å². The monoisotopic (exact) mass is 413 g/mol. The second-order valence-corrected chi connectivity index (χ2v) is 8.44. The third kappa shape index (κ3) is 4.03. The molecule has 0 N–H and O–H groups in total. The van der Waals surface area contributed by atoms with Crippen molar-refractivity contribution in [1.29, 1.82) is 0 Å². The SMILES string of the molecule is CN1CCC(CCn2nc(-c3c(-c4ccccc4)nn4ccccc34)ccc2=O)CC1. The molecule has 6 nitrogen and oxygen atoms in total. The van der Waals surface area contributed by atoms with Gasteiger partial charge in [0.25, 0.3) is 5.56 Å². The van der Waals surface area contributed by atoms with Crippen LogP contribution in [0.4, 0.5) is 0 Å². The van der Waals surface area contributed by atoms with Gasteiger partial charge in [-0.05, 0) is 63.5 Å². The number of likely N-dealkylation sites (tertiary alicyclic amines) is 1. The standard InChI is InChI=1S/C25H27N5O/c1-28-16-12-19(13-17-28)14-18-30-23(31)11-10-21(26-30)24-22-9-5-6-15-29(22)27-25(24)20-7-3-2-4-8-20/h2-11,15,19H,12-14,16-18H2,1H3. The summed E-state index contributed by atoms with van der Waals surface area (Å²) in [6, 6.07) is 19.6. The Morgan fingerprint density at radius 3 is 2.52 bits per heavy atom. The number of benzene rings is 1. The molecule has 158 valence electrons. The van der Waals surface area contributed by atoms with Crippen LogP contribution in [0.2, 0.25) is 0 Å². The highest BCUT2D eigenvalue weighted by atomic mass is 16.1. The van der Waals surface area contributed by atoms with Crippen LogP contribution in [0.3, 0.4) is 0 Å². The van der Waals surface area contributed by atoms with Gasteiger partial charge in [0.15, 0.2) is 0 Å². The molecule has 1 aromatic carbocycles. The van der Waals surface area contributed by atoms with Gasteiger partial charge in [0.1, 0.15) is 5.69 Å². The molecule has 0 saturated carbocycles. The maximum atomic E-state index is 12.6. The smallest absolute Gasteiger partial charge is 0.266 e. The molecule has 5 rings (SSSR count). The van der Waals surface area contributed by atoms with E-state index in [1.54, 1.807) is 10.7 Å². The molecule has 0 aliphatic carbocycles. The number of hydrogen-bond donors (Lipinski definition) is 0. The van der Waals surface area contributed by atoms with E-state index < -0.39 is 0 Å². The molecule has 1 saturated heterocycles. The first kappa shape index (κ1) is 19.7. The molecule has 0 bridgehead atoms. The first-order valence-corrected chi connectivity index (χ1v) is 11.0. The molecule has 0 radical (unpaired) electrons. The Kier molecular flexibility index (Phi) is 5.38. The van der Waals surface area contributed by atoms with Crippen LogP contribution in [-0.2, 0) is 6.54 Å². The number of nitrogens with zero attached hydrogens (tertiary/aromatic N) is 5. The lowest BCUT2D eigenvalue weighted by Crippen LogP contribution is -2.31. The summed E-state index contributed by atoms with van der Waals surface area (Å²) in [5.74, 6) is 0.658. The van der Waals surface area contributed by atoms with Gasteiger partial charge in [0.05, 0.1) is 16.8 Å². The molecule has 0 unspecified atom stereocenters. The van der Waals surface area contributed by atoms with Crippen LogP contribution >= 0.6 is 0 Å². The van der Waals surface area contributed by atoms with Gasteiger partial charge in [-0.15, -0.1) is 0 Å². The van der Waals surface area contributed by atoms with Crippen LogP contribution < -0.4 is 5.56 Å². The largest absolute Gasteiger partial charge is 0.306 e. The zero-order valence-corrected chi connectivity index (χ0v) is 17.8. The molecule has 1 fully saturated rings. The maximum absolute atomic E-state index is 12.6. The van der Waals surface area contributed by atoms with Crippen LogP contribution in [0, 0.1) is 5.92 Å². The van der Waals surface area contributed by atoms with E-state index in [0.717, 1.165) is 47.5 Å². The summed E-state index contributed by atoms with van der Waals surface area (Å²) in [7, 11) is 2.17. The van der Waals surface area contributed by atoms with Crippen molar-refractivity contribution in [2.45, 2.75) is 25.8 Å². The fraction of sp³-hybridized carbons (Fsp3) is 0.320. The Morgan fingerprint density at radius 2 is 1.71 bits per heavy atom. The van der Waals surface area contributed by atoms with Crippen LogP contribution in [0.1, 0.15) is 19.3 Å². The lowest BCUT2D eigenvalue weighted by Gasteiger charge is -2.28. The minimum absolute atomic E-state index is 0.0468. The number of fused-ring (bicyclic) bond motifs is 1. The zero-order valence-electron chi connectivity index (χ0n) is 17.8. The van der Waals surface area contributed by atoms with Gasteiger partial charge in [0, 0.05) is 24.4 Å². The van der Waals surface area contributed by atoms with E-state index in [4.69, 9.17) is 10.2 Å². The number of pyridine rings is 1. The van der Waals surface area contributed by atoms with Crippen LogP contribution in [0.25, 0.3) is 28.0 Å². The van der Waals surface area contributed by atoms with Crippen LogP contribution in [0.5, 0.6) is 0 Å². The summed E-state index contributed by atoms with van der Waals surface area (Å²) >= 11 is 0. The van der Waals surface area contributed by atoms with E-state index in [2.05, 4.69) is 24.1 Å². The summed E-state index contributed by atoms with van der Waals surface area (Å²) < 4.78 is 3.52. The van der Waals surface area contributed by atoms with E-state index in [0.29, 0.717) is 12.5 Å². The first-order chi connectivity index (χ1) is 15.2. The van der Waals surface area contributed by atoms with Crippen molar-refractivity contribution in [2.75, 3.05) is 20.1 Å². The van der Waals surface area contributed by atoms with E-state index >= 15 is 0 Å². The van der Waals surface area contributed by atoms with Crippen molar-refractivity contribution in [3.63, 3.8) is 0 Å². The van der Waals surface area contributed by atoms with E-state index in [1.807, 2.05) is 53.2 Å². The highest BCUT2D eigenvalue weighted by Crippen LogP contribution is 2.33. The van der Waals surface area contributed by atoms with Crippen molar-refractivity contribution in [1.82, 2.24) is 24.3 Å². The molecule has 0 atom stereocenters. The highest BCUT2D eigenvalue weighted by Gasteiger charge is 2.19. The summed E-state index contributed by atoms with van der Waals surface area (Å²) in [4.78, 5) is 14.9. The predicted octanol–water partition coefficient (Wildman–Crippen LogP) is 3.96. The van der Waals surface area contributed by atoms with Gasteiger partial charge in [-0.2, -0.15) is 10.2 Å². The number of aromatic nitrogens is 4. The summed E-state index contributed by atoms with van der Waals surface area (Å²) in [6.45, 7) is 2.92. The van der Waals surface area contributed by atoms with E-state index in [1.165, 1.54) is 12.8 Å². The lowest BCUT2D eigenvalue weighted by molar-refractivity contribution is 0.206. The molecular formula is C25H27N5O. The maximum Gasteiger partial charge on any atom is 0.266 e. The quantitative estimate of drug-likeness (QED) is 0.497. The summed E-state index contributed by atoms with van der Waals surface area (Å²) in [5, 5.41) is 9.61. The molecule has 0 spiro atoms. The fourth-order valence-corrected chi connectivity index (χ4v) is 4.45. The highest BCUT2D eigenvalue weighted by molar-refractivity contribution is 5.90. The predicted molar refractivity (Wildman–Crippen MR) is 123 cm³/mol. The van der Waals surface area contributed by atoms with Crippen LogP contribution in [0.15, 0.2) is 71.7 Å². The minimum atomic E-state index is -0.0468. The normalized spacial score (nSPS) is 15.5. The van der Waals surface area contributed by atoms with Gasteiger partial charge in [-0.3, -0.25) is 4.79 Å². The molecule has 4 aromatic rings. The van der Waals surface area contributed by atoms with E-state index in [-0.39, 0.29) is 5.56 Å².